The van der Waals surface area contributed by atoms with Crippen molar-refractivity contribution in [3.63, 3.8) is 0 Å². The number of nitro groups is 1. The van der Waals surface area contributed by atoms with E-state index in [0.717, 1.165) is 25.0 Å². The molecule has 0 radical (unpaired) electrons. The van der Waals surface area contributed by atoms with Crippen LogP contribution in [0.2, 0.25) is 0 Å². The molecule has 0 N–H and O–H groups in total. The smallest absolute Gasteiger partial charge is 0.269 e. The van der Waals surface area contributed by atoms with Crippen LogP contribution in [0.3, 0.4) is 0 Å². The number of hydrogen-bond donors (Lipinski definition) is 0. The predicted molar refractivity (Wildman–Crippen MR) is 73.0 cm³/mol. The van der Waals surface area contributed by atoms with Crippen LogP contribution in [0.1, 0.15) is 18.9 Å². The van der Waals surface area contributed by atoms with Crippen molar-refractivity contribution in [2.45, 2.75) is 30.7 Å². The summed E-state index contributed by atoms with van der Waals surface area (Å²) in [7, 11) is 0. The van der Waals surface area contributed by atoms with Crippen molar-refractivity contribution in [3.8, 4) is 0 Å². The first-order chi connectivity index (χ1) is 8.58. The Morgan fingerprint density at radius 1 is 1.50 bits per heavy atom. The van der Waals surface area contributed by atoms with Gasteiger partial charge in [-0.15, -0.1) is 0 Å². The average molecular weight is 314 g/mol. The van der Waals surface area contributed by atoms with Crippen molar-refractivity contribution >= 4 is 21.6 Å². The van der Waals surface area contributed by atoms with Gasteiger partial charge >= 0.3 is 0 Å². The highest BCUT2D eigenvalue weighted by molar-refractivity contribution is 9.09. The summed E-state index contributed by atoms with van der Waals surface area (Å²) in [5.41, 5.74) is 1.25. The summed E-state index contributed by atoms with van der Waals surface area (Å²) in [6.07, 6.45) is 2.23. The Kier molecular flexibility index (Phi) is 4.35. The molecule has 0 spiro atoms. The summed E-state index contributed by atoms with van der Waals surface area (Å²) in [5, 5.41) is 10.6. The SMILES string of the molecule is CC1OCCC1C(Br)Cc1ccc([N+](=O)[O-])cc1. The second-order valence-electron chi connectivity index (χ2n) is 4.67. The van der Waals surface area contributed by atoms with Crippen LogP contribution >= 0.6 is 15.9 Å². The molecule has 1 saturated heterocycles. The van der Waals surface area contributed by atoms with E-state index < -0.39 is 0 Å². The first-order valence-electron chi connectivity index (χ1n) is 6.07. The van der Waals surface area contributed by atoms with Crippen LogP contribution in [0, 0.1) is 16.0 Å². The van der Waals surface area contributed by atoms with E-state index in [2.05, 4.69) is 22.9 Å². The summed E-state index contributed by atoms with van der Waals surface area (Å²) >= 11 is 3.72. The molecule has 4 nitrogen and oxygen atoms in total. The van der Waals surface area contributed by atoms with E-state index >= 15 is 0 Å². The lowest BCUT2D eigenvalue weighted by Gasteiger charge is -2.20. The highest BCUT2D eigenvalue weighted by atomic mass is 79.9. The number of alkyl halides is 1. The van der Waals surface area contributed by atoms with Crippen LogP contribution < -0.4 is 0 Å². The first-order valence-corrected chi connectivity index (χ1v) is 6.98. The summed E-state index contributed by atoms with van der Waals surface area (Å²) in [6, 6.07) is 6.77. The molecule has 0 saturated carbocycles. The standard InChI is InChI=1S/C13H16BrNO3/c1-9-12(6-7-18-9)13(14)8-10-2-4-11(5-3-10)15(16)17/h2-5,9,12-13H,6-8H2,1H3. The van der Waals surface area contributed by atoms with Crippen LogP contribution in [0.25, 0.3) is 0 Å². The van der Waals surface area contributed by atoms with Gasteiger partial charge in [-0.3, -0.25) is 10.1 Å². The van der Waals surface area contributed by atoms with Gasteiger partial charge in [0.05, 0.1) is 11.0 Å². The molecule has 0 amide bonds. The Morgan fingerprint density at radius 2 is 2.17 bits per heavy atom. The third-order valence-electron chi connectivity index (χ3n) is 3.48. The molecule has 1 aliphatic heterocycles. The minimum atomic E-state index is -0.373. The molecule has 1 heterocycles. The molecular formula is C13H16BrNO3. The number of ether oxygens (including phenoxy) is 1. The number of nitrogens with zero attached hydrogens (tertiary/aromatic N) is 1. The van der Waals surface area contributed by atoms with E-state index in [4.69, 9.17) is 4.74 Å². The highest BCUT2D eigenvalue weighted by Crippen LogP contribution is 2.30. The third kappa shape index (κ3) is 3.09. The van der Waals surface area contributed by atoms with Crippen molar-refractivity contribution in [1.29, 1.82) is 0 Å². The summed E-state index contributed by atoms with van der Waals surface area (Å²) in [5.74, 6) is 0.514. The van der Waals surface area contributed by atoms with Gasteiger partial charge in [0.25, 0.3) is 5.69 Å². The fraction of sp³-hybridized carbons (Fsp3) is 0.538. The Bertz CT molecular complexity index is 421. The van der Waals surface area contributed by atoms with Crippen molar-refractivity contribution in [2.75, 3.05) is 6.61 Å². The molecule has 2 rings (SSSR count). The lowest BCUT2D eigenvalue weighted by Crippen LogP contribution is -2.23. The Hall–Kier alpha value is -0.940. The number of benzene rings is 1. The molecule has 1 fully saturated rings. The van der Waals surface area contributed by atoms with Crippen molar-refractivity contribution in [2.24, 2.45) is 5.92 Å². The fourth-order valence-electron chi connectivity index (χ4n) is 2.35. The normalized spacial score (nSPS) is 25.0. The number of non-ortho nitro benzene ring substituents is 1. The fourth-order valence-corrected chi connectivity index (χ4v) is 3.42. The first kappa shape index (κ1) is 13.5. The summed E-state index contributed by atoms with van der Waals surface area (Å²) in [6.45, 7) is 2.93. The van der Waals surface area contributed by atoms with Crippen molar-refractivity contribution in [3.05, 3.63) is 39.9 Å². The van der Waals surface area contributed by atoms with E-state index in [9.17, 15) is 10.1 Å². The molecule has 3 unspecified atom stereocenters. The van der Waals surface area contributed by atoms with Gasteiger partial charge in [0, 0.05) is 23.6 Å². The molecule has 98 valence electrons. The molecule has 0 bridgehead atoms. The zero-order valence-electron chi connectivity index (χ0n) is 10.2. The molecule has 5 heteroatoms. The van der Waals surface area contributed by atoms with Gasteiger partial charge in [-0.05, 0) is 31.2 Å². The molecule has 1 aromatic carbocycles. The van der Waals surface area contributed by atoms with E-state index in [-0.39, 0.29) is 16.7 Å². The molecule has 3 atom stereocenters. The molecule has 1 aromatic rings. The van der Waals surface area contributed by atoms with Gasteiger partial charge in [0.2, 0.25) is 0 Å². The molecule has 1 aliphatic rings. The van der Waals surface area contributed by atoms with Gasteiger partial charge in [0.15, 0.2) is 0 Å². The van der Waals surface area contributed by atoms with Gasteiger partial charge in [-0.1, -0.05) is 28.1 Å². The lowest BCUT2D eigenvalue weighted by atomic mass is 9.94. The third-order valence-corrected chi connectivity index (χ3v) is 4.48. The van der Waals surface area contributed by atoms with Crippen LogP contribution in [-0.4, -0.2) is 22.5 Å². The second-order valence-corrected chi connectivity index (χ2v) is 5.85. The molecular weight excluding hydrogens is 298 g/mol. The Morgan fingerprint density at radius 3 is 2.67 bits per heavy atom. The average Bonchev–Trinajstić information content (AvgIpc) is 2.76. The van der Waals surface area contributed by atoms with Crippen LogP contribution in [0.15, 0.2) is 24.3 Å². The maximum absolute atomic E-state index is 10.6. The predicted octanol–water partition coefficient (Wildman–Crippen LogP) is 3.33. The number of halogens is 1. The van der Waals surface area contributed by atoms with E-state index in [1.807, 2.05) is 12.1 Å². The number of hydrogen-bond acceptors (Lipinski definition) is 3. The van der Waals surface area contributed by atoms with Gasteiger partial charge in [-0.25, -0.2) is 0 Å². The van der Waals surface area contributed by atoms with Crippen LogP contribution in [0.5, 0.6) is 0 Å². The minimum absolute atomic E-state index is 0.141. The maximum atomic E-state index is 10.6. The van der Waals surface area contributed by atoms with E-state index in [1.54, 1.807) is 12.1 Å². The summed E-state index contributed by atoms with van der Waals surface area (Å²) in [4.78, 5) is 10.6. The quantitative estimate of drug-likeness (QED) is 0.487. The van der Waals surface area contributed by atoms with Crippen LogP contribution in [-0.2, 0) is 11.2 Å². The largest absolute Gasteiger partial charge is 0.378 e. The minimum Gasteiger partial charge on any atom is -0.378 e. The zero-order chi connectivity index (χ0) is 13.1. The monoisotopic (exact) mass is 313 g/mol. The summed E-state index contributed by atoms with van der Waals surface area (Å²) < 4.78 is 5.56. The second kappa shape index (κ2) is 5.80. The maximum Gasteiger partial charge on any atom is 0.269 e. The molecule has 0 aromatic heterocycles. The Labute approximate surface area is 115 Å². The van der Waals surface area contributed by atoms with Crippen molar-refractivity contribution in [1.82, 2.24) is 0 Å². The number of nitro benzene ring substituents is 1. The van der Waals surface area contributed by atoms with Gasteiger partial charge < -0.3 is 4.74 Å². The van der Waals surface area contributed by atoms with Gasteiger partial charge in [0.1, 0.15) is 0 Å². The van der Waals surface area contributed by atoms with E-state index in [1.165, 1.54) is 0 Å². The topological polar surface area (TPSA) is 52.4 Å². The molecule has 0 aliphatic carbocycles. The lowest BCUT2D eigenvalue weighted by molar-refractivity contribution is -0.384. The van der Waals surface area contributed by atoms with Gasteiger partial charge in [-0.2, -0.15) is 0 Å². The van der Waals surface area contributed by atoms with Crippen LogP contribution in [0.4, 0.5) is 5.69 Å². The van der Waals surface area contributed by atoms with E-state index in [0.29, 0.717) is 10.7 Å². The molecule has 18 heavy (non-hydrogen) atoms. The number of rotatable bonds is 4. The van der Waals surface area contributed by atoms with Crippen molar-refractivity contribution < 1.29 is 9.66 Å². The Balaban J connectivity index is 1.98. The highest BCUT2D eigenvalue weighted by Gasteiger charge is 2.30. The zero-order valence-corrected chi connectivity index (χ0v) is 11.8.